The smallest absolute Gasteiger partial charge is 0.269 e. The van der Waals surface area contributed by atoms with Crippen LogP contribution in [0.4, 0.5) is 11.4 Å². The molecular formula is C19H21N5O3. The zero-order valence-electron chi connectivity index (χ0n) is 15.1. The highest BCUT2D eigenvalue weighted by molar-refractivity contribution is 5.99. The van der Waals surface area contributed by atoms with Gasteiger partial charge in [-0.1, -0.05) is 12.1 Å². The van der Waals surface area contributed by atoms with Crippen molar-refractivity contribution in [2.75, 3.05) is 36.4 Å². The van der Waals surface area contributed by atoms with E-state index in [-0.39, 0.29) is 18.0 Å². The van der Waals surface area contributed by atoms with Gasteiger partial charge >= 0.3 is 0 Å². The molecule has 1 fully saturated rings. The van der Waals surface area contributed by atoms with Crippen molar-refractivity contribution in [3.63, 3.8) is 0 Å². The van der Waals surface area contributed by atoms with Crippen LogP contribution in [0.1, 0.15) is 5.76 Å². The molecule has 1 aromatic carbocycles. The molecule has 3 aromatic rings. The van der Waals surface area contributed by atoms with Gasteiger partial charge in [0.25, 0.3) is 5.56 Å². The third-order valence-electron chi connectivity index (χ3n) is 4.57. The Kier molecular flexibility index (Phi) is 4.64. The summed E-state index contributed by atoms with van der Waals surface area (Å²) in [6.45, 7) is 5.12. The van der Waals surface area contributed by atoms with Gasteiger partial charge in [-0.05, 0) is 19.1 Å². The van der Waals surface area contributed by atoms with E-state index >= 15 is 0 Å². The van der Waals surface area contributed by atoms with E-state index < -0.39 is 0 Å². The minimum Gasteiger partial charge on any atom is -0.459 e. The van der Waals surface area contributed by atoms with E-state index in [2.05, 4.69) is 20.6 Å². The number of aryl methyl sites for hydroxylation is 1. The van der Waals surface area contributed by atoms with Gasteiger partial charge in [0, 0.05) is 37.6 Å². The molecule has 8 heteroatoms. The van der Waals surface area contributed by atoms with Crippen molar-refractivity contribution >= 4 is 28.3 Å². The Morgan fingerprint density at radius 1 is 1.30 bits per heavy atom. The van der Waals surface area contributed by atoms with Gasteiger partial charge in [0.1, 0.15) is 12.3 Å². The standard InChI is InChI=1S/C19H21N5O3/c1-13-9-14-3-2-4-16(19(14)27-13)22-17(25)12-24-18(26)10-15(11-21-24)23-7-5-20-6-8-23/h2-4,9-11,20H,5-8,12H2,1H3,(H,22,25). The zero-order valence-corrected chi connectivity index (χ0v) is 15.1. The van der Waals surface area contributed by atoms with Crippen LogP contribution in [0.3, 0.4) is 0 Å². The van der Waals surface area contributed by atoms with E-state index in [1.54, 1.807) is 12.3 Å². The summed E-state index contributed by atoms with van der Waals surface area (Å²) in [6, 6.07) is 8.98. The molecule has 3 heterocycles. The van der Waals surface area contributed by atoms with E-state index in [0.29, 0.717) is 11.3 Å². The Bertz CT molecular complexity index is 1030. The number of para-hydroxylation sites is 1. The van der Waals surface area contributed by atoms with Crippen molar-refractivity contribution in [2.45, 2.75) is 13.5 Å². The molecule has 0 unspecified atom stereocenters. The maximum absolute atomic E-state index is 12.4. The van der Waals surface area contributed by atoms with Crippen molar-refractivity contribution in [3.8, 4) is 0 Å². The number of furan rings is 1. The second kappa shape index (κ2) is 7.24. The molecule has 0 bridgehead atoms. The minimum atomic E-state index is -0.332. The van der Waals surface area contributed by atoms with E-state index in [0.717, 1.165) is 47.7 Å². The van der Waals surface area contributed by atoms with Crippen molar-refractivity contribution in [1.29, 1.82) is 0 Å². The van der Waals surface area contributed by atoms with Crippen molar-refractivity contribution in [3.05, 3.63) is 52.6 Å². The predicted molar refractivity (Wildman–Crippen MR) is 103 cm³/mol. The monoisotopic (exact) mass is 367 g/mol. The predicted octanol–water partition coefficient (Wildman–Crippen LogP) is 1.35. The second-order valence-electron chi connectivity index (χ2n) is 6.58. The SMILES string of the molecule is Cc1cc2cccc(NC(=O)Cn3ncc(N4CCNCC4)cc3=O)c2o1. The molecule has 0 radical (unpaired) electrons. The number of fused-ring (bicyclic) bond motifs is 1. The fraction of sp³-hybridized carbons (Fsp3) is 0.316. The van der Waals surface area contributed by atoms with Crippen LogP contribution in [0.15, 0.2) is 45.7 Å². The average Bonchev–Trinajstić information content (AvgIpc) is 3.05. The Balaban J connectivity index is 1.48. The first-order valence-electron chi connectivity index (χ1n) is 8.92. The number of rotatable bonds is 4. The molecule has 2 aromatic heterocycles. The van der Waals surface area contributed by atoms with Crippen molar-refractivity contribution in [2.24, 2.45) is 0 Å². The number of carbonyl (C=O) groups excluding carboxylic acids is 1. The summed E-state index contributed by atoms with van der Waals surface area (Å²) in [7, 11) is 0. The summed E-state index contributed by atoms with van der Waals surface area (Å²) >= 11 is 0. The topological polar surface area (TPSA) is 92.4 Å². The van der Waals surface area contributed by atoms with Gasteiger partial charge in [-0.25, -0.2) is 4.68 Å². The van der Waals surface area contributed by atoms with Crippen LogP contribution < -0.4 is 21.1 Å². The van der Waals surface area contributed by atoms with Crippen LogP contribution >= 0.6 is 0 Å². The van der Waals surface area contributed by atoms with Gasteiger partial charge in [0.2, 0.25) is 5.91 Å². The molecule has 4 rings (SSSR count). The number of aromatic nitrogens is 2. The van der Waals surface area contributed by atoms with Crippen molar-refractivity contribution in [1.82, 2.24) is 15.1 Å². The highest BCUT2D eigenvalue weighted by Crippen LogP contribution is 2.26. The molecule has 140 valence electrons. The number of hydrogen-bond donors (Lipinski definition) is 2. The van der Waals surface area contributed by atoms with E-state index in [1.807, 2.05) is 25.1 Å². The van der Waals surface area contributed by atoms with E-state index in [4.69, 9.17) is 4.42 Å². The van der Waals surface area contributed by atoms with Crippen LogP contribution in [0.2, 0.25) is 0 Å². The molecule has 8 nitrogen and oxygen atoms in total. The molecule has 0 spiro atoms. The highest BCUT2D eigenvalue weighted by Gasteiger charge is 2.14. The highest BCUT2D eigenvalue weighted by atomic mass is 16.3. The summed E-state index contributed by atoms with van der Waals surface area (Å²) in [4.78, 5) is 26.9. The Labute approximate surface area is 155 Å². The first kappa shape index (κ1) is 17.3. The van der Waals surface area contributed by atoms with Crippen LogP contribution in [0.25, 0.3) is 11.0 Å². The average molecular weight is 367 g/mol. The van der Waals surface area contributed by atoms with Crippen LogP contribution in [-0.4, -0.2) is 41.9 Å². The molecular weight excluding hydrogens is 346 g/mol. The Hall–Kier alpha value is -3.13. The number of benzene rings is 1. The number of carbonyl (C=O) groups is 1. The fourth-order valence-electron chi connectivity index (χ4n) is 3.25. The molecule has 2 N–H and O–H groups in total. The molecule has 0 atom stereocenters. The maximum Gasteiger partial charge on any atom is 0.269 e. The molecule has 0 saturated carbocycles. The molecule has 1 saturated heterocycles. The summed E-state index contributed by atoms with van der Waals surface area (Å²) < 4.78 is 6.81. The first-order valence-corrected chi connectivity index (χ1v) is 8.92. The van der Waals surface area contributed by atoms with Gasteiger partial charge in [-0.15, -0.1) is 0 Å². The summed E-state index contributed by atoms with van der Waals surface area (Å²) in [6.07, 6.45) is 1.64. The Morgan fingerprint density at radius 3 is 2.89 bits per heavy atom. The maximum atomic E-state index is 12.4. The lowest BCUT2D eigenvalue weighted by atomic mass is 10.2. The summed E-state index contributed by atoms with van der Waals surface area (Å²) in [5.74, 6) is 0.439. The van der Waals surface area contributed by atoms with E-state index in [1.165, 1.54) is 6.07 Å². The van der Waals surface area contributed by atoms with Crippen LogP contribution in [0, 0.1) is 6.92 Å². The Morgan fingerprint density at radius 2 is 2.11 bits per heavy atom. The van der Waals surface area contributed by atoms with Crippen molar-refractivity contribution < 1.29 is 9.21 Å². The number of nitrogens with one attached hydrogen (secondary N) is 2. The van der Waals surface area contributed by atoms with E-state index in [9.17, 15) is 9.59 Å². The number of hydrogen-bond acceptors (Lipinski definition) is 6. The third kappa shape index (κ3) is 3.70. The number of anilines is 2. The second-order valence-corrected chi connectivity index (χ2v) is 6.58. The van der Waals surface area contributed by atoms with Crippen LogP contribution in [0.5, 0.6) is 0 Å². The number of nitrogens with zero attached hydrogens (tertiary/aromatic N) is 3. The molecule has 1 aliphatic rings. The summed E-state index contributed by atoms with van der Waals surface area (Å²) in [5, 5.41) is 11.1. The summed E-state index contributed by atoms with van der Waals surface area (Å²) in [5.41, 5.74) is 1.69. The third-order valence-corrected chi connectivity index (χ3v) is 4.57. The normalized spacial score (nSPS) is 14.5. The quantitative estimate of drug-likeness (QED) is 0.723. The number of amides is 1. The van der Waals surface area contributed by atoms with Crippen LogP contribution in [-0.2, 0) is 11.3 Å². The van der Waals surface area contributed by atoms with Gasteiger partial charge in [0.05, 0.1) is 17.6 Å². The number of piperazine rings is 1. The lowest BCUT2D eigenvalue weighted by Crippen LogP contribution is -2.44. The lowest BCUT2D eigenvalue weighted by Gasteiger charge is -2.28. The van der Waals surface area contributed by atoms with Gasteiger partial charge in [0.15, 0.2) is 5.58 Å². The molecule has 1 aliphatic heterocycles. The largest absolute Gasteiger partial charge is 0.459 e. The molecule has 1 amide bonds. The zero-order chi connectivity index (χ0) is 18.8. The lowest BCUT2D eigenvalue weighted by molar-refractivity contribution is -0.117. The van der Waals surface area contributed by atoms with Gasteiger partial charge in [-0.2, -0.15) is 5.10 Å². The fourth-order valence-corrected chi connectivity index (χ4v) is 3.25. The molecule has 0 aliphatic carbocycles. The van der Waals surface area contributed by atoms with Gasteiger partial charge < -0.3 is 20.0 Å². The molecule has 27 heavy (non-hydrogen) atoms. The first-order chi connectivity index (χ1) is 13.1. The minimum absolute atomic E-state index is 0.156. The van der Waals surface area contributed by atoms with Gasteiger partial charge in [-0.3, -0.25) is 9.59 Å².